The number of rotatable bonds is 5. The Bertz CT molecular complexity index is 871. The number of hydrogen-bond acceptors (Lipinski definition) is 4. The Morgan fingerprint density at radius 1 is 1.12 bits per heavy atom. The SMILES string of the molecule is COc1ccc(-n2nc(C(F)(F)F)cc2-c2ccc(CCN)cc2)cn1. The van der Waals surface area contributed by atoms with Crippen LogP contribution in [0.4, 0.5) is 13.2 Å². The van der Waals surface area contributed by atoms with Gasteiger partial charge in [0, 0.05) is 11.6 Å². The number of methoxy groups -OCH3 is 1. The first-order valence-corrected chi connectivity index (χ1v) is 7.89. The fourth-order valence-corrected chi connectivity index (χ4v) is 2.55. The Labute approximate surface area is 148 Å². The molecule has 2 heterocycles. The predicted molar refractivity (Wildman–Crippen MR) is 91.1 cm³/mol. The van der Waals surface area contributed by atoms with Gasteiger partial charge in [-0.3, -0.25) is 0 Å². The molecule has 3 aromatic rings. The third-order valence-electron chi connectivity index (χ3n) is 3.86. The molecule has 0 aliphatic rings. The number of ether oxygens (including phenoxy) is 1. The number of nitrogens with zero attached hydrogens (tertiary/aromatic N) is 3. The molecule has 3 rings (SSSR count). The van der Waals surface area contributed by atoms with Gasteiger partial charge in [0.1, 0.15) is 0 Å². The van der Waals surface area contributed by atoms with Crippen LogP contribution in [-0.2, 0) is 12.6 Å². The zero-order valence-corrected chi connectivity index (χ0v) is 14.0. The molecular formula is C18H17F3N4O. The Morgan fingerprint density at radius 2 is 1.85 bits per heavy atom. The summed E-state index contributed by atoms with van der Waals surface area (Å²) in [6.45, 7) is 0.507. The summed E-state index contributed by atoms with van der Waals surface area (Å²) in [5.74, 6) is 0.365. The van der Waals surface area contributed by atoms with E-state index >= 15 is 0 Å². The Kier molecular flexibility index (Phi) is 4.94. The van der Waals surface area contributed by atoms with E-state index in [0.29, 0.717) is 35.8 Å². The van der Waals surface area contributed by atoms with E-state index in [4.69, 9.17) is 10.5 Å². The van der Waals surface area contributed by atoms with Crippen molar-refractivity contribution < 1.29 is 17.9 Å². The van der Waals surface area contributed by atoms with Gasteiger partial charge in [-0.15, -0.1) is 0 Å². The van der Waals surface area contributed by atoms with E-state index in [9.17, 15) is 13.2 Å². The third kappa shape index (κ3) is 3.70. The zero-order chi connectivity index (χ0) is 18.7. The first-order valence-electron chi connectivity index (χ1n) is 7.89. The maximum absolute atomic E-state index is 13.2. The van der Waals surface area contributed by atoms with Crippen molar-refractivity contribution in [1.29, 1.82) is 0 Å². The average Bonchev–Trinajstić information content (AvgIpc) is 3.08. The summed E-state index contributed by atoms with van der Waals surface area (Å²) in [5.41, 5.74) is 6.93. The number of halogens is 3. The molecule has 0 atom stereocenters. The largest absolute Gasteiger partial charge is 0.481 e. The predicted octanol–water partition coefficient (Wildman–Crippen LogP) is 3.46. The van der Waals surface area contributed by atoms with Gasteiger partial charge in [-0.25, -0.2) is 9.67 Å². The summed E-state index contributed by atoms with van der Waals surface area (Å²) < 4.78 is 45.7. The highest BCUT2D eigenvalue weighted by molar-refractivity contribution is 5.63. The highest BCUT2D eigenvalue weighted by Gasteiger charge is 2.35. The lowest BCUT2D eigenvalue weighted by atomic mass is 10.1. The van der Waals surface area contributed by atoms with Crippen LogP contribution in [0.15, 0.2) is 48.7 Å². The fourth-order valence-electron chi connectivity index (χ4n) is 2.55. The van der Waals surface area contributed by atoms with Gasteiger partial charge in [-0.2, -0.15) is 18.3 Å². The van der Waals surface area contributed by atoms with Gasteiger partial charge in [-0.1, -0.05) is 24.3 Å². The van der Waals surface area contributed by atoms with Crippen LogP contribution in [0.3, 0.4) is 0 Å². The second kappa shape index (κ2) is 7.17. The van der Waals surface area contributed by atoms with Gasteiger partial charge in [0.15, 0.2) is 5.69 Å². The van der Waals surface area contributed by atoms with Crippen molar-refractivity contribution in [2.45, 2.75) is 12.6 Å². The first-order chi connectivity index (χ1) is 12.4. The lowest BCUT2D eigenvalue weighted by Gasteiger charge is -2.09. The second-order valence-electron chi connectivity index (χ2n) is 5.62. The molecule has 5 nitrogen and oxygen atoms in total. The molecule has 2 N–H and O–H groups in total. The molecule has 136 valence electrons. The molecule has 0 saturated heterocycles. The van der Waals surface area contributed by atoms with E-state index in [1.165, 1.54) is 18.0 Å². The molecule has 26 heavy (non-hydrogen) atoms. The van der Waals surface area contributed by atoms with Gasteiger partial charge < -0.3 is 10.5 Å². The molecule has 0 radical (unpaired) electrons. The molecule has 0 aliphatic heterocycles. The van der Waals surface area contributed by atoms with E-state index < -0.39 is 11.9 Å². The first kappa shape index (κ1) is 17.9. The lowest BCUT2D eigenvalue weighted by Crippen LogP contribution is -2.07. The maximum atomic E-state index is 13.2. The summed E-state index contributed by atoms with van der Waals surface area (Å²) in [4.78, 5) is 4.04. The van der Waals surface area contributed by atoms with Crippen LogP contribution in [0.2, 0.25) is 0 Å². The lowest BCUT2D eigenvalue weighted by molar-refractivity contribution is -0.141. The summed E-state index contributed by atoms with van der Waals surface area (Å²) in [7, 11) is 1.46. The van der Waals surface area contributed by atoms with Crippen LogP contribution in [0.25, 0.3) is 16.9 Å². The fraction of sp³-hybridized carbons (Fsp3) is 0.222. The zero-order valence-electron chi connectivity index (χ0n) is 14.0. The van der Waals surface area contributed by atoms with Gasteiger partial charge in [0.05, 0.1) is 24.7 Å². The molecule has 2 aromatic heterocycles. The molecule has 1 aromatic carbocycles. The number of benzene rings is 1. The van der Waals surface area contributed by atoms with E-state index in [1.807, 2.05) is 12.1 Å². The molecule has 0 fully saturated rings. The van der Waals surface area contributed by atoms with Crippen molar-refractivity contribution in [2.24, 2.45) is 5.73 Å². The van der Waals surface area contributed by atoms with Crippen LogP contribution in [0.5, 0.6) is 5.88 Å². The highest BCUT2D eigenvalue weighted by Crippen LogP contribution is 2.33. The van der Waals surface area contributed by atoms with Gasteiger partial charge in [0.2, 0.25) is 5.88 Å². The maximum Gasteiger partial charge on any atom is 0.435 e. The minimum absolute atomic E-state index is 0.323. The number of nitrogens with two attached hydrogens (primary N) is 1. The molecule has 0 unspecified atom stereocenters. The van der Waals surface area contributed by atoms with E-state index in [2.05, 4.69) is 10.1 Å². The summed E-state index contributed by atoms with van der Waals surface area (Å²) >= 11 is 0. The molecule has 0 bridgehead atoms. The Morgan fingerprint density at radius 3 is 2.38 bits per heavy atom. The van der Waals surface area contributed by atoms with E-state index in [-0.39, 0.29) is 0 Å². The standard InChI is InChI=1S/C18H17F3N4O/c1-26-17-7-6-14(11-23-17)25-15(10-16(24-25)18(19,20)21)13-4-2-12(3-5-13)8-9-22/h2-7,10-11H,8-9,22H2,1H3. The highest BCUT2D eigenvalue weighted by atomic mass is 19.4. The van der Waals surface area contributed by atoms with Gasteiger partial charge in [-0.05, 0) is 30.7 Å². The summed E-state index contributed by atoms with van der Waals surface area (Å²) in [6, 6.07) is 11.4. The Hall–Kier alpha value is -2.87. The number of pyridine rings is 1. The minimum Gasteiger partial charge on any atom is -0.481 e. The van der Waals surface area contributed by atoms with Crippen molar-refractivity contribution in [3.05, 3.63) is 59.9 Å². The smallest absolute Gasteiger partial charge is 0.435 e. The minimum atomic E-state index is -4.54. The Balaban J connectivity index is 2.08. The van der Waals surface area contributed by atoms with Crippen molar-refractivity contribution in [3.8, 4) is 22.8 Å². The average molecular weight is 362 g/mol. The van der Waals surface area contributed by atoms with Crippen molar-refractivity contribution in [2.75, 3.05) is 13.7 Å². The van der Waals surface area contributed by atoms with Crippen molar-refractivity contribution in [1.82, 2.24) is 14.8 Å². The normalized spacial score (nSPS) is 11.6. The second-order valence-corrected chi connectivity index (χ2v) is 5.62. The molecular weight excluding hydrogens is 345 g/mol. The van der Waals surface area contributed by atoms with Crippen LogP contribution in [0, 0.1) is 0 Å². The molecule has 0 saturated carbocycles. The van der Waals surface area contributed by atoms with Gasteiger partial charge in [0.25, 0.3) is 0 Å². The van der Waals surface area contributed by atoms with Crippen LogP contribution < -0.4 is 10.5 Å². The van der Waals surface area contributed by atoms with Crippen LogP contribution >= 0.6 is 0 Å². The number of aromatic nitrogens is 3. The monoisotopic (exact) mass is 362 g/mol. The van der Waals surface area contributed by atoms with Crippen LogP contribution in [0.1, 0.15) is 11.3 Å². The van der Waals surface area contributed by atoms with Crippen molar-refractivity contribution in [3.63, 3.8) is 0 Å². The number of alkyl halides is 3. The molecule has 0 aliphatic carbocycles. The van der Waals surface area contributed by atoms with Crippen LogP contribution in [-0.4, -0.2) is 28.4 Å². The van der Waals surface area contributed by atoms with E-state index in [0.717, 1.165) is 11.6 Å². The summed E-state index contributed by atoms with van der Waals surface area (Å²) in [6.07, 6.45) is -2.42. The third-order valence-corrected chi connectivity index (χ3v) is 3.86. The quantitative estimate of drug-likeness (QED) is 0.755. The number of hydrogen-bond donors (Lipinski definition) is 1. The molecule has 8 heteroatoms. The van der Waals surface area contributed by atoms with E-state index in [1.54, 1.807) is 24.3 Å². The van der Waals surface area contributed by atoms with Crippen molar-refractivity contribution >= 4 is 0 Å². The molecule has 0 amide bonds. The topological polar surface area (TPSA) is 66.0 Å². The molecule has 0 spiro atoms. The van der Waals surface area contributed by atoms with Gasteiger partial charge >= 0.3 is 6.18 Å². The summed E-state index contributed by atoms with van der Waals surface area (Å²) in [5, 5.41) is 3.73.